The number of aromatic nitrogens is 1. The molecule has 0 saturated heterocycles. The third kappa shape index (κ3) is 1.01. The number of fused-ring (bicyclic) bond motifs is 1. The summed E-state index contributed by atoms with van der Waals surface area (Å²) in [6, 6.07) is 10.6. The first-order valence-corrected chi connectivity index (χ1v) is 3.70. The third-order valence-corrected chi connectivity index (χ3v) is 1.75. The molecule has 12 heavy (non-hydrogen) atoms. The lowest BCUT2D eigenvalue weighted by Crippen LogP contribution is -1.86. The second kappa shape index (κ2) is 2.81. The Hall–Kier alpha value is -1.57. The number of pyridine rings is 1. The first-order valence-electron chi connectivity index (χ1n) is 3.70. The summed E-state index contributed by atoms with van der Waals surface area (Å²) in [6.07, 6.45) is 1.75. The molecule has 0 spiro atoms. The Morgan fingerprint density at radius 2 is 2.33 bits per heavy atom. The van der Waals surface area contributed by atoms with Gasteiger partial charge >= 0.3 is 0 Å². The number of benzene rings is 1. The van der Waals surface area contributed by atoms with E-state index in [2.05, 4.69) is 11.1 Å². The van der Waals surface area contributed by atoms with E-state index in [9.17, 15) is 0 Å². The van der Waals surface area contributed by atoms with E-state index >= 15 is 0 Å². The van der Waals surface area contributed by atoms with Gasteiger partial charge in [-0.15, -0.1) is 0 Å². The minimum atomic E-state index is 0.771. The van der Waals surface area contributed by atoms with Gasteiger partial charge in [-0.25, -0.2) is 0 Å². The minimum Gasteiger partial charge on any atom is -0.494 e. The van der Waals surface area contributed by atoms with E-state index in [4.69, 9.17) is 4.74 Å². The fourth-order valence-corrected chi connectivity index (χ4v) is 1.17. The van der Waals surface area contributed by atoms with E-state index in [1.54, 1.807) is 19.4 Å². The Morgan fingerprint density at radius 1 is 1.42 bits per heavy atom. The summed E-state index contributed by atoms with van der Waals surface area (Å²) < 4.78 is 5.13. The van der Waals surface area contributed by atoms with Crippen molar-refractivity contribution in [3.05, 3.63) is 36.5 Å². The maximum atomic E-state index is 5.13. The normalized spacial score (nSPS) is 10.1. The molecule has 1 heterocycles. The number of rotatable bonds is 1. The van der Waals surface area contributed by atoms with E-state index in [1.807, 2.05) is 18.2 Å². The molecular weight excluding hydrogens is 150 g/mol. The highest BCUT2D eigenvalue weighted by Gasteiger charge is 1.99. The zero-order chi connectivity index (χ0) is 8.39. The fourth-order valence-electron chi connectivity index (χ4n) is 1.17. The van der Waals surface area contributed by atoms with Crippen LogP contribution in [0.1, 0.15) is 0 Å². The maximum absolute atomic E-state index is 5.13. The van der Waals surface area contributed by atoms with Crippen LogP contribution in [0.25, 0.3) is 10.9 Å². The summed E-state index contributed by atoms with van der Waals surface area (Å²) in [5.74, 6) is 0.771. The minimum absolute atomic E-state index is 0.771. The van der Waals surface area contributed by atoms with Crippen molar-refractivity contribution in [3.63, 3.8) is 0 Å². The third-order valence-electron chi connectivity index (χ3n) is 1.75. The van der Waals surface area contributed by atoms with Crippen LogP contribution < -0.4 is 4.74 Å². The van der Waals surface area contributed by atoms with Gasteiger partial charge in [0.1, 0.15) is 11.3 Å². The summed E-state index contributed by atoms with van der Waals surface area (Å²) in [5.41, 5.74) is 0.888. The molecule has 0 aliphatic heterocycles. The highest BCUT2D eigenvalue weighted by atomic mass is 16.5. The topological polar surface area (TPSA) is 22.1 Å². The van der Waals surface area contributed by atoms with Gasteiger partial charge in [-0.3, -0.25) is 4.98 Å². The molecule has 2 heteroatoms. The van der Waals surface area contributed by atoms with Crippen molar-refractivity contribution >= 4 is 10.9 Å². The van der Waals surface area contributed by atoms with Crippen LogP contribution in [-0.2, 0) is 0 Å². The molecule has 0 amide bonds. The maximum Gasteiger partial charge on any atom is 0.145 e. The highest BCUT2D eigenvalue weighted by molar-refractivity contribution is 5.83. The largest absolute Gasteiger partial charge is 0.494 e. The van der Waals surface area contributed by atoms with Gasteiger partial charge in [0.15, 0.2) is 0 Å². The summed E-state index contributed by atoms with van der Waals surface area (Å²) in [5, 5.41) is 1.05. The van der Waals surface area contributed by atoms with Crippen molar-refractivity contribution in [2.24, 2.45) is 0 Å². The van der Waals surface area contributed by atoms with E-state index in [-0.39, 0.29) is 0 Å². The number of hydrogen-bond donors (Lipinski definition) is 0. The predicted octanol–water partition coefficient (Wildman–Crippen LogP) is 2.04. The Kier molecular flexibility index (Phi) is 1.67. The standard InChI is InChI=1S/C10H8NO/c1-12-9-6-2-4-8-5-3-7-11-10(8)9/h3-7H,1H3. The lowest BCUT2D eigenvalue weighted by atomic mass is 10.2. The molecule has 0 unspecified atom stereocenters. The molecule has 1 radical (unpaired) electrons. The van der Waals surface area contributed by atoms with Crippen LogP contribution in [0.4, 0.5) is 0 Å². The average Bonchev–Trinajstić information content (AvgIpc) is 2.17. The quantitative estimate of drug-likeness (QED) is 0.633. The molecule has 0 bridgehead atoms. The predicted molar refractivity (Wildman–Crippen MR) is 47.1 cm³/mol. The first-order chi connectivity index (χ1) is 5.92. The molecule has 0 saturated carbocycles. The van der Waals surface area contributed by atoms with Gasteiger partial charge in [-0.1, -0.05) is 6.07 Å². The molecule has 1 aromatic carbocycles. The van der Waals surface area contributed by atoms with E-state index < -0.39 is 0 Å². The molecule has 2 rings (SSSR count). The molecule has 1 aromatic heterocycles. The summed E-state index contributed by atoms with van der Waals surface area (Å²) in [4.78, 5) is 4.21. The number of nitrogens with zero attached hydrogens (tertiary/aromatic N) is 1. The van der Waals surface area contributed by atoms with Crippen molar-refractivity contribution in [1.29, 1.82) is 0 Å². The highest BCUT2D eigenvalue weighted by Crippen LogP contribution is 2.21. The van der Waals surface area contributed by atoms with Crippen LogP contribution >= 0.6 is 0 Å². The Labute approximate surface area is 70.8 Å². The SMILES string of the molecule is COc1c[c]cc2cccnc12. The van der Waals surface area contributed by atoms with Gasteiger partial charge in [-0.05, 0) is 24.3 Å². The second-order valence-corrected chi connectivity index (χ2v) is 2.46. The average molecular weight is 158 g/mol. The summed E-state index contributed by atoms with van der Waals surface area (Å²) in [6.45, 7) is 0. The molecule has 0 N–H and O–H groups in total. The van der Waals surface area contributed by atoms with Crippen molar-refractivity contribution in [3.8, 4) is 5.75 Å². The van der Waals surface area contributed by atoms with Gasteiger partial charge in [0.2, 0.25) is 0 Å². The monoisotopic (exact) mass is 158 g/mol. The van der Waals surface area contributed by atoms with E-state index in [0.29, 0.717) is 0 Å². The summed E-state index contributed by atoms with van der Waals surface area (Å²) in [7, 11) is 1.64. The Morgan fingerprint density at radius 3 is 3.17 bits per heavy atom. The van der Waals surface area contributed by atoms with Crippen LogP contribution in [0.15, 0.2) is 30.5 Å². The van der Waals surface area contributed by atoms with Crippen molar-refractivity contribution < 1.29 is 4.74 Å². The van der Waals surface area contributed by atoms with Crippen LogP contribution in [0.3, 0.4) is 0 Å². The zero-order valence-corrected chi connectivity index (χ0v) is 6.74. The van der Waals surface area contributed by atoms with Crippen LogP contribution in [0.5, 0.6) is 5.75 Å². The van der Waals surface area contributed by atoms with Crippen LogP contribution in [0, 0.1) is 6.07 Å². The molecule has 59 valence electrons. The lowest BCUT2D eigenvalue weighted by Gasteiger charge is -2.01. The van der Waals surface area contributed by atoms with Gasteiger partial charge in [0.25, 0.3) is 0 Å². The molecule has 0 aliphatic rings. The lowest BCUT2D eigenvalue weighted by molar-refractivity contribution is 0.419. The molecular formula is C10H8NO. The fraction of sp³-hybridized carbons (Fsp3) is 0.100. The van der Waals surface area contributed by atoms with Crippen molar-refractivity contribution in [2.45, 2.75) is 0 Å². The molecule has 0 atom stereocenters. The van der Waals surface area contributed by atoms with Crippen LogP contribution in [0.2, 0.25) is 0 Å². The van der Waals surface area contributed by atoms with Crippen LogP contribution in [-0.4, -0.2) is 12.1 Å². The van der Waals surface area contributed by atoms with E-state index in [0.717, 1.165) is 16.7 Å². The molecule has 2 aromatic rings. The number of methoxy groups -OCH3 is 1. The molecule has 0 aliphatic carbocycles. The smallest absolute Gasteiger partial charge is 0.145 e. The zero-order valence-electron chi connectivity index (χ0n) is 6.74. The van der Waals surface area contributed by atoms with Crippen molar-refractivity contribution in [2.75, 3.05) is 7.11 Å². The Bertz CT molecular complexity index is 392. The van der Waals surface area contributed by atoms with Crippen molar-refractivity contribution in [1.82, 2.24) is 4.98 Å². The Balaban J connectivity index is 2.79. The molecule has 2 nitrogen and oxygen atoms in total. The number of hydrogen-bond acceptors (Lipinski definition) is 2. The van der Waals surface area contributed by atoms with Gasteiger partial charge in [0.05, 0.1) is 7.11 Å². The molecule has 0 fully saturated rings. The summed E-state index contributed by atoms with van der Waals surface area (Å²) >= 11 is 0. The van der Waals surface area contributed by atoms with Gasteiger partial charge in [-0.2, -0.15) is 0 Å². The van der Waals surface area contributed by atoms with Gasteiger partial charge in [0, 0.05) is 11.6 Å². The van der Waals surface area contributed by atoms with E-state index in [1.165, 1.54) is 0 Å². The number of ether oxygens (including phenoxy) is 1. The first kappa shape index (κ1) is 7.10. The van der Waals surface area contributed by atoms with Gasteiger partial charge < -0.3 is 4.74 Å². The second-order valence-electron chi connectivity index (χ2n) is 2.46.